The molecule has 1 N–H and O–H groups in total. The first kappa shape index (κ1) is 16.9. The molecule has 25 heavy (non-hydrogen) atoms. The van der Waals surface area contributed by atoms with Gasteiger partial charge in [-0.2, -0.15) is 5.26 Å². The zero-order valence-electron chi connectivity index (χ0n) is 14.2. The lowest BCUT2D eigenvalue weighted by Gasteiger charge is -2.34. The molecule has 1 aliphatic heterocycles. The Kier molecular flexibility index (Phi) is 4.96. The highest BCUT2D eigenvalue weighted by atomic mass is 16.6. The van der Waals surface area contributed by atoms with Gasteiger partial charge in [-0.15, -0.1) is 0 Å². The number of benzene rings is 2. The Hall–Kier alpha value is -2.91. The highest BCUT2D eigenvalue weighted by Crippen LogP contribution is 2.25. The van der Waals surface area contributed by atoms with E-state index in [4.69, 9.17) is 0 Å². The average molecular weight is 337 g/mol. The third-order valence-corrected chi connectivity index (χ3v) is 4.82. The van der Waals surface area contributed by atoms with Gasteiger partial charge in [0.1, 0.15) is 12.6 Å². The summed E-state index contributed by atoms with van der Waals surface area (Å²) in [7, 11) is 0. The minimum atomic E-state index is -0.463. The number of nitrogens with zero attached hydrogens (tertiary/aromatic N) is 3. The maximum atomic E-state index is 10.9. The molecular formula is C19H21N4O2+. The summed E-state index contributed by atoms with van der Waals surface area (Å²) in [5, 5.41) is 20.2. The molecule has 0 bridgehead atoms. The zero-order chi connectivity index (χ0) is 17.8. The van der Waals surface area contributed by atoms with E-state index in [0.717, 1.165) is 38.4 Å². The van der Waals surface area contributed by atoms with Crippen molar-refractivity contribution in [2.24, 2.45) is 0 Å². The van der Waals surface area contributed by atoms with Crippen LogP contribution in [0.15, 0.2) is 42.5 Å². The highest BCUT2D eigenvalue weighted by Gasteiger charge is 2.23. The normalized spacial score (nSPS) is 15.0. The van der Waals surface area contributed by atoms with E-state index in [9.17, 15) is 15.4 Å². The number of anilines is 1. The molecule has 1 fully saturated rings. The predicted octanol–water partition coefficient (Wildman–Crippen LogP) is 1.68. The molecule has 1 saturated heterocycles. The van der Waals surface area contributed by atoms with E-state index in [1.807, 2.05) is 0 Å². The summed E-state index contributed by atoms with van der Waals surface area (Å²) < 4.78 is 0. The van der Waals surface area contributed by atoms with Gasteiger partial charge in [-0.3, -0.25) is 10.1 Å². The van der Waals surface area contributed by atoms with Gasteiger partial charge in [0.15, 0.2) is 0 Å². The maximum Gasteiger partial charge on any atom is 0.270 e. The fourth-order valence-electron chi connectivity index (χ4n) is 3.32. The molecule has 1 heterocycles. The van der Waals surface area contributed by atoms with Crippen LogP contribution in [0.25, 0.3) is 0 Å². The highest BCUT2D eigenvalue weighted by molar-refractivity contribution is 5.63. The first-order valence-electron chi connectivity index (χ1n) is 8.40. The summed E-state index contributed by atoms with van der Waals surface area (Å²) in [5.74, 6) is 0. The maximum absolute atomic E-state index is 10.9. The zero-order valence-corrected chi connectivity index (χ0v) is 14.2. The number of non-ortho nitro benzene ring substituents is 1. The van der Waals surface area contributed by atoms with Crippen molar-refractivity contribution < 1.29 is 9.82 Å². The van der Waals surface area contributed by atoms with Gasteiger partial charge in [0.05, 0.1) is 42.4 Å². The van der Waals surface area contributed by atoms with Crippen LogP contribution in [0.3, 0.4) is 0 Å². The Bertz CT molecular complexity index is 820. The molecule has 0 amide bonds. The topological polar surface area (TPSA) is 74.6 Å². The lowest BCUT2D eigenvalue weighted by atomic mass is 10.1. The van der Waals surface area contributed by atoms with Crippen molar-refractivity contribution in [2.45, 2.75) is 13.5 Å². The smallest absolute Gasteiger partial charge is 0.270 e. The summed E-state index contributed by atoms with van der Waals surface area (Å²) in [5.41, 5.74) is 3.82. The first-order valence-corrected chi connectivity index (χ1v) is 8.40. The van der Waals surface area contributed by atoms with E-state index in [-0.39, 0.29) is 5.69 Å². The van der Waals surface area contributed by atoms with Crippen molar-refractivity contribution in [3.05, 3.63) is 69.3 Å². The quantitative estimate of drug-likeness (QED) is 0.680. The van der Waals surface area contributed by atoms with E-state index in [1.165, 1.54) is 28.2 Å². The summed E-state index contributed by atoms with van der Waals surface area (Å²) in [6.45, 7) is 6.79. The van der Waals surface area contributed by atoms with Gasteiger partial charge in [-0.1, -0.05) is 24.3 Å². The molecule has 6 nitrogen and oxygen atoms in total. The minimum Gasteiger partial charge on any atom is -0.359 e. The fourth-order valence-corrected chi connectivity index (χ4v) is 3.32. The van der Waals surface area contributed by atoms with Crippen molar-refractivity contribution in [3.63, 3.8) is 0 Å². The summed E-state index contributed by atoms with van der Waals surface area (Å²) in [6, 6.07) is 15.1. The number of quaternary nitrogens is 1. The Morgan fingerprint density at radius 2 is 1.96 bits per heavy atom. The molecular weight excluding hydrogens is 316 g/mol. The van der Waals surface area contributed by atoms with Crippen LogP contribution in [0.4, 0.5) is 11.4 Å². The summed E-state index contributed by atoms with van der Waals surface area (Å²) in [6.07, 6.45) is 0. The molecule has 0 unspecified atom stereocenters. The van der Waals surface area contributed by atoms with Gasteiger partial charge in [0, 0.05) is 17.7 Å². The van der Waals surface area contributed by atoms with Crippen molar-refractivity contribution >= 4 is 11.4 Å². The molecule has 0 atom stereocenters. The number of hydrogen-bond donors (Lipinski definition) is 1. The van der Waals surface area contributed by atoms with E-state index in [2.05, 4.69) is 42.2 Å². The van der Waals surface area contributed by atoms with Gasteiger partial charge in [0.25, 0.3) is 5.69 Å². The van der Waals surface area contributed by atoms with Crippen LogP contribution in [-0.4, -0.2) is 31.1 Å². The van der Waals surface area contributed by atoms with Crippen molar-refractivity contribution in [3.8, 4) is 6.07 Å². The van der Waals surface area contributed by atoms with Gasteiger partial charge in [-0.25, -0.2) is 0 Å². The second-order valence-corrected chi connectivity index (χ2v) is 6.41. The molecule has 6 heteroatoms. The third kappa shape index (κ3) is 3.78. The Balaban J connectivity index is 1.67. The van der Waals surface area contributed by atoms with E-state index >= 15 is 0 Å². The van der Waals surface area contributed by atoms with Crippen molar-refractivity contribution in [2.75, 3.05) is 31.1 Å². The number of piperazine rings is 1. The Labute approximate surface area is 147 Å². The first-order chi connectivity index (χ1) is 12.1. The second kappa shape index (κ2) is 7.32. The lowest BCUT2D eigenvalue weighted by molar-refractivity contribution is -0.914. The average Bonchev–Trinajstić information content (AvgIpc) is 2.63. The van der Waals surface area contributed by atoms with Crippen molar-refractivity contribution in [1.82, 2.24) is 0 Å². The van der Waals surface area contributed by atoms with Gasteiger partial charge >= 0.3 is 0 Å². The molecule has 0 radical (unpaired) electrons. The van der Waals surface area contributed by atoms with Crippen LogP contribution in [0.2, 0.25) is 0 Å². The number of rotatable bonds is 4. The molecule has 0 spiro atoms. The lowest BCUT2D eigenvalue weighted by Crippen LogP contribution is -3.13. The van der Waals surface area contributed by atoms with E-state index in [1.54, 1.807) is 6.07 Å². The molecule has 0 saturated carbocycles. The number of nitriles is 1. The van der Waals surface area contributed by atoms with E-state index < -0.39 is 4.92 Å². The summed E-state index contributed by atoms with van der Waals surface area (Å²) >= 11 is 0. The number of aryl methyl sites for hydroxylation is 1. The van der Waals surface area contributed by atoms with Gasteiger partial charge in [-0.05, 0) is 18.6 Å². The molecule has 0 aliphatic carbocycles. The van der Waals surface area contributed by atoms with Crippen LogP contribution in [0.1, 0.15) is 16.7 Å². The standard InChI is InChI=1S/C19H20N4O2/c1-15-4-2-3-5-16(15)14-21-8-10-22(11-9-21)19-7-6-18(23(24)25)12-17(19)13-20/h2-7,12H,8-11,14H2,1H3/p+1. The molecule has 2 aromatic carbocycles. The minimum absolute atomic E-state index is 0.0379. The van der Waals surface area contributed by atoms with Crippen molar-refractivity contribution in [1.29, 1.82) is 5.26 Å². The number of nitro benzene ring substituents is 1. The molecule has 1 aliphatic rings. The van der Waals surface area contributed by atoms with Gasteiger partial charge in [0.2, 0.25) is 0 Å². The van der Waals surface area contributed by atoms with Crippen LogP contribution < -0.4 is 9.80 Å². The van der Waals surface area contributed by atoms with E-state index in [0.29, 0.717) is 5.56 Å². The monoisotopic (exact) mass is 337 g/mol. The molecule has 0 aromatic heterocycles. The molecule has 128 valence electrons. The van der Waals surface area contributed by atoms with Crippen LogP contribution in [-0.2, 0) is 6.54 Å². The fraction of sp³-hybridized carbons (Fsp3) is 0.316. The number of nitro groups is 1. The number of hydrogen-bond acceptors (Lipinski definition) is 4. The van der Waals surface area contributed by atoms with Crippen LogP contribution in [0.5, 0.6) is 0 Å². The SMILES string of the molecule is Cc1ccccc1C[NH+]1CCN(c2ccc([N+](=O)[O-])cc2C#N)CC1. The largest absolute Gasteiger partial charge is 0.359 e. The third-order valence-electron chi connectivity index (χ3n) is 4.82. The number of nitrogens with one attached hydrogen (secondary N) is 1. The Morgan fingerprint density at radius 3 is 2.60 bits per heavy atom. The van der Waals surface area contributed by atoms with Crippen LogP contribution >= 0.6 is 0 Å². The Morgan fingerprint density at radius 1 is 1.24 bits per heavy atom. The molecule has 2 aromatic rings. The summed E-state index contributed by atoms with van der Waals surface area (Å²) in [4.78, 5) is 14.1. The second-order valence-electron chi connectivity index (χ2n) is 6.41. The predicted molar refractivity (Wildman–Crippen MR) is 95.6 cm³/mol. The van der Waals surface area contributed by atoms with Crippen LogP contribution in [0, 0.1) is 28.4 Å². The molecule has 3 rings (SSSR count). The van der Waals surface area contributed by atoms with Gasteiger partial charge < -0.3 is 9.80 Å².